The second-order valence-electron chi connectivity index (χ2n) is 4.32. The molecule has 0 aliphatic heterocycles. The molecule has 1 rings (SSSR count). The first-order valence-corrected chi connectivity index (χ1v) is 7.65. The lowest BCUT2D eigenvalue weighted by Gasteiger charge is -2.27. The van der Waals surface area contributed by atoms with E-state index in [2.05, 4.69) is 40.1 Å². The SMILES string of the molecule is CCNc1cc(N(CCC#N)C(C)C)nc(SC)n1. The minimum atomic E-state index is 0.299. The van der Waals surface area contributed by atoms with Gasteiger partial charge in [-0.2, -0.15) is 5.26 Å². The largest absolute Gasteiger partial charge is 0.370 e. The molecule has 0 bridgehead atoms. The third-order valence-corrected chi connectivity index (χ3v) is 3.16. The summed E-state index contributed by atoms with van der Waals surface area (Å²) in [6.07, 6.45) is 2.46. The van der Waals surface area contributed by atoms with Gasteiger partial charge in [-0.3, -0.25) is 0 Å². The Labute approximate surface area is 119 Å². The molecular weight excluding hydrogens is 258 g/mol. The van der Waals surface area contributed by atoms with Crippen LogP contribution in [-0.2, 0) is 0 Å². The third-order valence-electron chi connectivity index (χ3n) is 2.61. The fourth-order valence-electron chi connectivity index (χ4n) is 1.73. The molecule has 0 aliphatic carbocycles. The van der Waals surface area contributed by atoms with Crippen molar-refractivity contribution in [1.82, 2.24) is 9.97 Å². The average Bonchev–Trinajstić information content (AvgIpc) is 2.39. The summed E-state index contributed by atoms with van der Waals surface area (Å²) in [5.41, 5.74) is 0. The molecule has 0 radical (unpaired) electrons. The summed E-state index contributed by atoms with van der Waals surface area (Å²) in [5, 5.41) is 12.7. The highest BCUT2D eigenvalue weighted by molar-refractivity contribution is 7.98. The lowest BCUT2D eigenvalue weighted by molar-refractivity contribution is 0.670. The molecule has 0 amide bonds. The molecule has 0 aromatic carbocycles. The highest BCUT2D eigenvalue weighted by Crippen LogP contribution is 2.22. The predicted octanol–water partition coefficient (Wildman–Crippen LogP) is 2.76. The Morgan fingerprint density at radius 1 is 1.47 bits per heavy atom. The molecule has 0 unspecified atom stereocenters. The molecule has 19 heavy (non-hydrogen) atoms. The van der Waals surface area contributed by atoms with E-state index in [0.29, 0.717) is 19.0 Å². The Kier molecular flexibility index (Phi) is 6.43. The molecule has 0 aliphatic rings. The summed E-state index contributed by atoms with van der Waals surface area (Å²) < 4.78 is 0. The summed E-state index contributed by atoms with van der Waals surface area (Å²) in [6.45, 7) is 7.75. The van der Waals surface area contributed by atoms with Gasteiger partial charge in [0.2, 0.25) is 0 Å². The van der Waals surface area contributed by atoms with Gasteiger partial charge in [0, 0.05) is 25.2 Å². The fraction of sp³-hybridized carbons (Fsp3) is 0.615. The van der Waals surface area contributed by atoms with Crippen LogP contribution in [0, 0.1) is 11.3 Å². The number of thioether (sulfide) groups is 1. The summed E-state index contributed by atoms with van der Waals surface area (Å²) in [5.74, 6) is 1.71. The van der Waals surface area contributed by atoms with Crippen molar-refractivity contribution in [2.75, 3.05) is 29.6 Å². The maximum absolute atomic E-state index is 8.76. The molecule has 0 spiro atoms. The molecule has 1 heterocycles. The van der Waals surface area contributed by atoms with E-state index < -0.39 is 0 Å². The summed E-state index contributed by atoms with van der Waals surface area (Å²) in [4.78, 5) is 11.1. The Hall–Kier alpha value is -1.48. The first-order valence-electron chi connectivity index (χ1n) is 6.42. The quantitative estimate of drug-likeness (QED) is 0.611. The number of rotatable bonds is 7. The number of nitriles is 1. The number of anilines is 2. The van der Waals surface area contributed by atoms with Crippen LogP contribution in [0.1, 0.15) is 27.2 Å². The van der Waals surface area contributed by atoms with E-state index in [-0.39, 0.29) is 0 Å². The molecule has 0 saturated heterocycles. The molecule has 1 aromatic rings. The maximum atomic E-state index is 8.76. The van der Waals surface area contributed by atoms with Gasteiger partial charge in [-0.1, -0.05) is 11.8 Å². The Bertz CT molecular complexity index is 441. The van der Waals surface area contributed by atoms with Crippen LogP contribution >= 0.6 is 11.8 Å². The van der Waals surface area contributed by atoms with Gasteiger partial charge in [0.05, 0.1) is 12.5 Å². The lowest BCUT2D eigenvalue weighted by atomic mass is 10.3. The van der Waals surface area contributed by atoms with Crippen molar-refractivity contribution in [2.24, 2.45) is 0 Å². The summed E-state index contributed by atoms with van der Waals surface area (Å²) in [6, 6.07) is 4.43. The second kappa shape index (κ2) is 7.85. The van der Waals surface area contributed by atoms with Gasteiger partial charge in [-0.05, 0) is 27.0 Å². The Morgan fingerprint density at radius 3 is 2.74 bits per heavy atom. The fourth-order valence-corrected chi connectivity index (χ4v) is 2.11. The number of aromatic nitrogens is 2. The zero-order chi connectivity index (χ0) is 14.3. The zero-order valence-electron chi connectivity index (χ0n) is 12.0. The highest BCUT2D eigenvalue weighted by Gasteiger charge is 2.14. The van der Waals surface area contributed by atoms with Crippen LogP contribution in [0.2, 0.25) is 0 Å². The maximum Gasteiger partial charge on any atom is 0.191 e. The van der Waals surface area contributed by atoms with Crippen molar-refractivity contribution in [2.45, 2.75) is 38.4 Å². The van der Waals surface area contributed by atoms with Gasteiger partial charge in [0.15, 0.2) is 5.16 Å². The van der Waals surface area contributed by atoms with E-state index in [9.17, 15) is 0 Å². The molecule has 5 nitrogen and oxygen atoms in total. The highest BCUT2D eigenvalue weighted by atomic mass is 32.2. The average molecular weight is 279 g/mol. The van der Waals surface area contributed by atoms with E-state index in [1.54, 1.807) is 0 Å². The van der Waals surface area contributed by atoms with E-state index in [1.165, 1.54) is 11.8 Å². The monoisotopic (exact) mass is 279 g/mol. The van der Waals surface area contributed by atoms with Crippen LogP contribution in [-0.4, -0.2) is 35.4 Å². The topological polar surface area (TPSA) is 64.8 Å². The van der Waals surface area contributed by atoms with Crippen LogP contribution in [0.4, 0.5) is 11.6 Å². The standard InChI is InChI=1S/C13H21N5S/c1-5-15-11-9-12(17-13(16-11)19-4)18(10(2)3)8-6-7-14/h9-10H,5-6,8H2,1-4H3,(H,15,16,17). The van der Waals surface area contributed by atoms with Crippen molar-refractivity contribution in [3.8, 4) is 6.07 Å². The lowest BCUT2D eigenvalue weighted by Crippen LogP contribution is -2.32. The van der Waals surface area contributed by atoms with Gasteiger partial charge >= 0.3 is 0 Å². The van der Waals surface area contributed by atoms with Crippen LogP contribution in [0.25, 0.3) is 0 Å². The van der Waals surface area contributed by atoms with Crippen molar-refractivity contribution in [3.05, 3.63) is 6.07 Å². The molecule has 0 fully saturated rings. The van der Waals surface area contributed by atoms with Gasteiger partial charge < -0.3 is 10.2 Å². The number of nitrogens with one attached hydrogen (secondary N) is 1. The van der Waals surface area contributed by atoms with E-state index in [1.807, 2.05) is 19.2 Å². The molecule has 6 heteroatoms. The summed E-state index contributed by atoms with van der Waals surface area (Å²) in [7, 11) is 0. The van der Waals surface area contributed by atoms with Crippen molar-refractivity contribution >= 4 is 23.4 Å². The second-order valence-corrected chi connectivity index (χ2v) is 5.10. The van der Waals surface area contributed by atoms with Crippen LogP contribution < -0.4 is 10.2 Å². The number of hydrogen-bond donors (Lipinski definition) is 1. The predicted molar refractivity (Wildman–Crippen MR) is 80.7 cm³/mol. The van der Waals surface area contributed by atoms with Crippen LogP contribution in [0.15, 0.2) is 11.2 Å². The first-order chi connectivity index (χ1) is 9.12. The van der Waals surface area contributed by atoms with Crippen molar-refractivity contribution in [3.63, 3.8) is 0 Å². The van der Waals surface area contributed by atoms with Crippen molar-refractivity contribution in [1.29, 1.82) is 5.26 Å². The Morgan fingerprint density at radius 2 is 2.21 bits per heavy atom. The van der Waals surface area contributed by atoms with Gasteiger partial charge in [-0.25, -0.2) is 9.97 Å². The number of nitrogens with zero attached hydrogens (tertiary/aromatic N) is 4. The Balaban J connectivity index is 3.06. The molecule has 1 N–H and O–H groups in total. The third kappa shape index (κ3) is 4.60. The van der Waals surface area contributed by atoms with E-state index in [4.69, 9.17) is 5.26 Å². The van der Waals surface area contributed by atoms with E-state index >= 15 is 0 Å². The zero-order valence-corrected chi connectivity index (χ0v) is 12.8. The summed E-state index contributed by atoms with van der Waals surface area (Å²) >= 11 is 1.52. The normalized spacial score (nSPS) is 10.3. The van der Waals surface area contributed by atoms with Gasteiger partial charge in [0.1, 0.15) is 11.6 Å². The molecule has 1 aromatic heterocycles. The van der Waals surface area contributed by atoms with Crippen LogP contribution in [0.3, 0.4) is 0 Å². The molecule has 104 valence electrons. The van der Waals surface area contributed by atoms with Crippen LogP contribution in [0.5, 0.6) is 0 Å². The first kappa shape index (κ1) is 15.6. The van der Waals surface area contributed by atoms with Crippen molar-refractivity contribution < 1.29 is 0 Å². The van der Waals surface area contributed by atoms with Gasteiger partial charge in [0.25, 0.3) is 0 Å². The molecular formula is C13H21N5S. The van der Waals surface area contributed by atoms with Gasteiger partial charge in [-0.15, -0.1) is 0 Å². The number of hydrogen-bond acceptors (Lipinski definition) is 6. The molecule has 0 atom stereocenters. The minimum absolute atomic E-state index is 0.299. The molecule has 0 saturated carbocycles. The minimum Gasteiger partial charge on any atom is -0.370 e. The van der Waals surface area contributed by atoms with E-state index in [0.717, 1.165) is 23.3 Å². The smallest absolute Gasteiger partial charge is 0.191 e.